The van der Waals surface area contributed by atoms with Gasteiger partial charge in [0.05, 0.1) is 13.7 Å². The summed E-state index contributed by atoms with van der Waals surface area (Å²) in [5, 5.41) is 0. The molecule has 0 bridgehead atoms. The Labute approximate surface area is 211 Å². The molecule has 4 aromatic rings. The van der Waals surface area contributed by atoms with Crippen LogP contribution in [0.5, 0.6) is 17.2 Å². The van der Waals surface area contributed by atoms with Gasteiger partial charge >= 0.3 is 5.97 Å². The molecule has 5 nitrogen and oxygen atoms in total. The summed E-state index contributed by atoms with van der Waals surface area (Å²) in [6.07, 6.45) is -0.860. The Morgan fingerprint density at radius 2 is 1.53 bits per heavy atom. The molecule has 0 spiro atoms. The van der Waals surface area contributed by atoms with Crippen molar-refractivity contribution in [2.24, 2.45) is 0 Å². The summed E-state index contributed by atoms with van der Waals surface area (Å²) >= 11 is 0. The number of hydrogen-bond acceptors (Lipinski definition) is 5. The molecule has 0 N–H and O–H groups in total. The van der Waals surface area contributed by atoms with E-state index in [-0.39, 0.29) is 11.8 Å². The van der Waals surface area contributed by atoms with Crippen LogP contribution in [0.2, 0.25) is 0 Å². The van der Waals surface area contributed by atoms with Crippen LogP contribution in [0.4, 0.5) is 0 Å². The lowest BCUT2D eigenvalue weighted by atomic mass is 9.76. The third-order valence-electron chi connectivity index (χ3n) is 6.44. The van der Waals surface area contributed by atoms with Crippen LogP contribution >= 0.6 is 0 Å². The highest BCUT2D eigenvalue weighted by molar-refractivity contribution is 5.77. The minimum Gasteiger partial charge on any atom is -0.492 e. The Hall–Kier alpha value is -4.25. The van der Waals surface area contributed by atoms with Gasteiger partial charge in [-0.3, -0.25) is 0 Å². The van der Waals surface area contributed by atoms with E-state index in [0.717, 1.165) is 16.7 Å². The predicted octanol–water partition coefficient (Wildman–Crippen LogP) is 6.15. The van der Waals surface area contributed by atoms with Crippen molar-refractivity contribution in [1.82, 2.24) is 0 Å². The number of fused-ring (bicyclic) bond motifs is 1. The largest absolute Gasteiger partial charge is 0.492 e. The predicted molar refractivity (Wildman–Crippen MR) is 138 cm³/mol. The molecule has 3 unspecified atom stereocenters. The van der Waals surface area contributed by atoms with Gasteiger partial charge in [-0.1, -0.05) is 84.9 Å². The molecular formula is C31H28O5. The summed E-state index contributed by atoms with van der Waals surface area (Å²) in [5.74, 6) is 1.13. The molecule has 5 rings (SSSR count). The minimum atomic E-state index is -0.860. The van der Waals surface area contributed by atoms with E-state index in [0.29, 0.717) is 30.5 Å². The van der Waals surface area contributed by atoms with E-state index in [1.165, 1.54) is 7.11 Å². The van der Waals surface area contributed by atoms with Gasteiger partial charge in [-0.05, 0) is 29.3 Å². The molecule has 3 atom stereocenters. The second-order valence-corrected chi connectivity index (χ2v) is 8.70. The lowest BCUT2D eigenvalue weighted by Gasteiger charge is -2.37. The number of ether oxygens (including phenoxy) is 4. The topological polar surface area (TPSA) is 54.0 Å². The zero-order valence-corrected chi connectivity index (χ0v) is 20.1. The van der Waals surface area contributed by atoms with Gasteiger partial charge < -0.3 is 18.9 Å². The van der Waals surface area contributed by atoms with E-state index in [9.17, 15) is 4.79 Å². The number of methoxy groups -OCH3 is 1. The fourth-order valence-corrected chi connectivity index (χ4v) is 4.65. The van der Waals surface area contributed by atoms with Crippen LogP contribution in [0.15, 0.2) is 109 Å². The van der Waals surface area contributed by atoms with Crippen molar-refractivity contribution in [3.8, 4) is 17.2 Å². The Morgan fingerprint density at radius 3 is 2.22 bits per heavy atom. The van der Waals surface area contributed by atoms with E-state index in [4.69, 9.17) is 18.9 Å². The number of carbonyl (C=O) groups is 1. The molecular weight excluding hydrogens is 452 g/mol. The molecule has 0 amide bonds. The molecule has 1 heterocycles. The zero-order chi connectivity index (χ0) is 24.7. The van der Waals surface area contributed by atoms with Crippen LogP contribution in [-0.2, 0) is 16.1 Å². The summed E-state index contributed by atoms with van der Waals surface area (Å²) in [6.45, 7) is 0.854. The average Bonchev–Trinajstić information content (AvgIpc) is 2.95. The number of para-hydroxylation sites is 1. The van der Waals surface area contributed by atoms with Crippen LogP contribution in [0, 0.1) is 0 Å². The van der Waals surface area contributed by atoms with Crippen LogP contribution in [0.3, 0.4) is 0 Å². The van der Waals surface area contributed by atoms with Crippen molar-refractivity contribution in [3.63, 3.8) is 0 Å². The van der Waals surface area contributed by atoms with E-state index in [2.05, 4.69) is 12.1 Å². The van der Waals surface area contributed by atoms with Crippen LogP contribution in [0.25, 0.3) is 0 Å². The maximum absolute atomic E-state index is 13.1. The number of hydrogen-bond donors (Lipinski definition) is 0. The molecule has 0 saturated carbocycles. The lowest BCUT2D eigenvalue weighted by Crippen LogP contribution is -2.41. The van der Waals surface area contributed by atoms with Gasteiger partial charge in [-0.25, -0.2) is 4.79 Å². The van der Waals surface area contributed by atoms with Crippen LogP contribution in [-0.4, -0.2) is 25.8 Å². The highest BCUT2D eigenvalue weighted by Gasteiger charge is 2.43. The van der Waals surface area contributed by atoms with Crippen molar-refractivity contribution in [1.29, 1.82) is 0 Å². The summed E-state index contributed by atoms with van der Waals surface area (Å²) in [6, 6.07) is 35.2. The highest BCUT2D eigenvalue weighted by atomic mass is 16.6. The number of benzene rings is 4. The van der Waals surface area contributed by atoms with Crippen molar-refractivity contribution in [2.75, 3.05) is 13.7 Å². The average molecular weight is 481 g/mol. The number of carbonyl (C=O) groups excluding carboxylic acids is 1. The van der Waals surface area contributed by atoms with Crippen LogP contribution < -0.4 is 14.2 Å². The van der Waals surface area contributed by atoms with Gasteiger partial charge in [0.1, 0.15) is 23.9 Å². The van der Waals surface area contributed by atoms with E-state index in [1.54, 1.807) is 0 Å². The van der Waals surface area contributed by atoms with Crippen molar-refractivity contribution < 1.29 is 23.7 Å². The second-order valence-electron chi connectivity index (χ2n) is 8.70. The Bertz CT molecular complexity index is 1270. The first-order valence-electron chi connectivity index (χ1n) is 12.0. The first-order valence-corrected chi connectivity index (χ1v) is 12.0. The van der Waals surface area contributed by atoms with E-state index < -0.39 is 12.1 Å². The van der Waals surface area contributed by atoms with E-state index in [1.807, 2.05) is 97.1 Å². The Kier molecular flexibility index (Phi) is 7.17. The second kappa shape index (κ2) is 11.0. The lowest BCUT2D eigenvalue weighted by molar-refractivity contribution is -0.150. The fourth-order valence-electron chi connectivity index (χ4n) is 4.65. The molecule has 5 heteroatoms. The molecule has 36 heavy (non-hydrogen) atoms. The summed E-state index contributed by atoms with van der Waals surface area (Å²) < 4.78 is 23.8. The Morgan fingerprint density at radius 1 is 0.861 bits per heavy atom. The quantitative estimate of drug-likeness (QED) is 0.283. The molecule has 1 aliphatic rings. The first-order chi connectivity index (χ1) is 17.7. The smallest absolute Gasteiger partial charge is 0.347 e. The third-order valence-corrected chi connectivity index (χ3v) is 6.44. The first kappa shape index (κ1) is 23.5. The minimum absolute atomic E-state index is 0.109. The van der Waals surface area contributed by atoms with Gasteiger partial charge in [0.25, 0.3) is 0 Å². The number of rotatable bonds is 8. The molecule has 4 aromatic carbocycles. The van der Waals surface area contributed by atoms with E-state index >= 15 is 0 Å². The molecule has 0 fully saturated rings. The summed E-state index contributed by atoms with van der Waals surface area (Å²) in [7, 11) is 1.39. The summed E-state index contributed by atoms with van der Waals surface area (Å²) in [5.41, 5.74) is 3.04. The molecule has 0 saturated heterocycles. The van der Waals surface area contributed by atoms with Gasteiger partial charge in [-0.15, -0.1) is 0 Å². The highest BCUT2D eigenvalue weighted by Crippen LogP contribution is 2.46. The van der Waals surface area contributed by atoms with Gasteiger partial charge in [0.2, 0.25) is 6.10 Å². The SMILES string of the molecule is COC(=O)C(Oc1ccccc1)C1c2ccc(OCc3ccccc3)cc2OCC1c1ccccc1. The molecule has 0 aromatic heterocycles. The normalized spacial score (nSPS) is 17.2. The Balaban J connectivity index is 1.50. The standard InChI is InChI=1S/C31H28O5/c1-33-31(32)30(36-24-15-9-4-10-16-24)29-26-18-17-25(34-20-22-11-5-2-6-12-22)19-28(26)35-21-27(29)23-13-7-3-8-14-23/h2-19,27,29-30H,20-21H2,1H3. The van der Waals surface area contributed by atoms with Crippen molar-refractivity contribution >= 4 is 5.97 Å². The molecule has 1 aliphatic heterocycles. The van der Waals surface area contributed by atoms with Gasteiger partial charge in [-0.2, -0.15) is 0 Å². The molecule has 0 aliphatic carbocycles. The van der Waals surface area contributed by atoms with Gasteiger partial charge in [0.15, 0.2) is 0 Å². The monoisotopic (exact) mass is 480 g/mol. The van der Waals surface area contributed by atoms with Crippen molar-refractivity contribution in [2.45, 2.75) is 24.5 Å². The molecule has 182 valence electrons. The summed E-state index contributed by atoms with van der Waals surface area (Å²) in [4.78, 5) is 13.1. The maximum Gasteiger partial charge on any atom is 0.347 e. The number of esters is 1. The maximum atomic E-state index is 13.1. The molecule has 0 radical (unpaired) electrons. The van der Waals surface area contributed by atoms with Gasteiger partial charge in [0, 0.05) is 23.5 Å². The van der Waals surface area contributed by atoms with Crippen molar-refractivity contribution in [3.05, 3.63) is 126 Å². The third kappa shape index (κ3) is 5.20. The van der Waals surface area contributed by atoms with Crippen LogP contribution in [0.1, 0.15) is 28.5 Å². The fraction of sp³-hybridized carbons (Fsp3) is 0.194. The zero-order valence-electron chi connectivity index (χ0n) is 20.1.